The van der Waals surface area contributed by atoms with Crippen LogP contribution in [0.4, 0.5) is 0 Å². The first kappa shape index (κ1) is 36.6. The molecule has 6 atom stereocenters. The van der Waals surface area contributed by atoms with Crippen LogP contribution in [-0.4, -0.2) is 49.3 Å². The highest BCUT2D eigenvalue weighted by Crippen LogP contribution is 2.42. The van der Waals surface area contributed by atoms with E-state index in [0.717, 1.165) is 38.9 Å². The molecule has 3 N–H and O–H groups in total. The molecular weight excluding hydrogens is 661 g/mol. The molecular formula is C42H46N2O6S. The van der Waals surface area contributed by atoms with Crippen LogP contribution >= 0.6 is 0 Å². The third kappa shape index (κ3) is 8.83. The number of nitrogens with zero attached hydrogens (tertiary/aromatic N) is 1. The normalized spacial score (nSPS) is 20.6. The van der Waals surface area contributed by atoms with Crippen molar-refractivity contribution in [1.29, 1.82) is 0 Å². The van der Waals surface area contributed by atoms with Crippen molar-refractivity contribution in [2.45, 2.75) is 62.5 Å². The number of rotatable bonds is 13. The Bertz CT molecular complexity index is 1970. The summed E-state index contributed by atoms with van der Waals surface area (Å²) < 4.78 is 41.9. The number of benzene rings is 5. The van der Waals surface area contributed by atoms with Crippen LogP contribution in [0.5, 0.6) is 0 Å². The van der Waals surface area contributed by atoms with Crippen molar-refractivity contribution in [3.63, 3.8) is 0 Å². The lowest BCUT2D eigenvalue weighted by Crippen LogP contribution is -2.46. The number of sulfonamides is 1. The van der Waals surface area contributed by atoms with Crippen LogP contribution in [0.25, 0.3) is 11.1 Å². The second-order valence-electron chi connectivity index (χ2n) is 13.3. The summed E-state index contributed by atoms with van der Waals surface area (Å²) in [6.07, 6.45) is -1.84. The number of hydrogen-bond acceptors (Lipinski definition) is 7. The van der Waals surface area contributed by atoms with Gasteiger partial charge in [0.15, 0.2) is 6.29 Å². The maximum absolute atomic E-state index is 12.8. The lowest BCUT2D eigenvalue weighted by molar-refractivity contribution is -0.276. The van der Waals surface area contributed by atoms with E-state index in [2.05, 4.69) is 22.6 Å². The highest BCUT2D eigenvalue weighted by atomic mass is 32.2. The molecule has 0 aliphatic carbocycles. The van der Waals surface area contributed by atoms with Gasteiger partial charge in [-0.2, -0.15) is 0 Å². The van der Waals surface area contributed by atoms with Crippen molar-refractivity contribution < 1.29 is 28.1 Å². The summed E-state index contributed by atoms with van der Waals surface area (Å²) in [5, 5.41) is 20.8. The van der Waals surface area contributed by atoms with E-state index in [1.54, 1.807) is 30.3 Å². The zero-order chi connectivity index (χ0) is 36.0. The molecule has 1 fully saturated rings. The third-order valence-corrected chi connectivity index (χ3v) is 11.2. The van der Waals surface area contributed by atoms with E-state index in [-0.39, 0.29) is 42.2 Å². The molecule has 1 aliphatic rings. The first-order chi connectivity index (χ1) is 24.6. The highest BCUT2D eigenvalue weighted by molar-refractivity contribution is 7.89. The van der Waals surface area contributed by atoms with E-state index >= 15 is 0 Å². The van der Waals surface area contributed by atoms with E-state index in [0.29, 0.717) is 6.54 Å². The predicted molar refractivity (Wildman–Crippen MR) is 199 cm³/mol. The Balaban J connectivity index is 1.23. The molecule has 0 unspecified atom stereocenters. The third-order valence-electron chi connectivity index (χ3n) is 9.82. The quantitative estimate of drug-likeness (QED) is 0.119. The number of nitrogens with one attached hydrogen (secondary N) is 1. The van der Waals surface area contributed by atoms with E-state index in [4.69, 9.17) is 9.47 Å². The fraction of sp³-hybridized carbons (Fsp3) is 0.286. The summed E-state index contributed by atoms with van der Waals surface area (Å²) in [6.45, 7) is 4.84. The molecule has 1 aliphatic heterocycles. The number of aliphatic hydroxyl groups excluding tert-OH is 2. The minimum Gasteiger partial charge on any atom is -0.392 e. The Morgan fingerprint density at radius 3 is 2.10 bits per heavy atom. The van der Waals surface area contributed by atoms with Gasteiger partial charge in [0.25, 0.3) is 0 Å². The number of hydrogen-bond donors (Lipinski definition) is 3. The van der Waals surface area contributed by atoms with Crippen molar-refractivity contribution in [2.24, 2.45) is 5.92 Å². The Hall–Kier alpha value is -4.19. The number of aliphatic hydroxyl groups is 2. The van der Waals surface area contributed by atoms with E-state index in [1.165, 1.54) is 0 Å². The van der Waals surface area contributed by atoms with Gasteiger partial charge in [-0.05, 0) is 71.6 Å². The van der Waals surface area contributed by atoms with Gasteiger partial charge in [0.1, 0.15) is 0 Å². The van der Waals surface area contributed by atoms with Crippen LogP contribution in [0.3, 0.4) is 0 Å². The molecule has 8 nitrogen and oxygen atoms in total. The summed E-state index contributed by atoms with van der Waals surface area (Å²) >= 11 is 0. The lowest BCUT2D eigenvalue weighted by atomic mass is 9.89. The largest absolute Gasteiger partial charge is 0.392 e. The maximum atomic E-state index is 12.8. The molecule has 6 rings (SSSR count). The fourth-order valence-corrected chi connectivity index (χ4v) is 7.57. The molecule has 5 aromatic carbocycles. The molecule has 0 spiro atoms. The molecule has 0 amide bonds. The summed E-state index contributed by atoms with van der Waals surface area (Å²) in [5.74, 6) is -0.0238. The fourth-order valence-electron chi connectivity index (χ4n) is 6.53. The first-order valence-electron chi connectivity index (χ1n) is 17.3. The van der Waals surface area contributed by atoms with Gasteiger partial charge in [-0.25, -0.2) is 13.1 Å². The Kier molecular flexibility index (Phi) is 11.8. The van der Waals surface area contributed by atoms with Gasteiger partial charge in [0.2, 0.25) is 10.0 Å². The van der Waals surface area contributed by atoms with Crippen molar-refractivity contribution in [1.82, 2.24) is 9.62 Å². The van der Waals surface area contributed by atoms with Gasteiger partial charge in [0, 0.05) is 30.6 Å². The van der Waals surface area contributed by atoms with Crippen molar-refractivity contribution >= 4 is 10.0 Å². The second kappa shape index (κ2) is 16.4. The van der Waals surface area contributed by atoms with Crippen LogP contribution < -0.4 is 4.72 Å². The van der Waals surface area contributed by atoms with Crippen LogP contribution in [-0.2, 0) is 32.6 Å². The molecule has 266 valence electrons. The molecule has 0 radical (unpaired) electrons. The molecule has 0 saturated carbocycles. The Morgan fingerprint density at radius 1 is 0.765 bits per heavy atom. The van der Waals surface area contributed by atoms with Gasteiger partial charge in [-0.15, -0.1) is 0 Å². The topological polar surface area (TPSA) is 108 Å². The molecule has 9 heteroatoms. The van der Waals surface area contributed by atoms with Gasteiger partial charge in [-0.1, -0.05) is 116 Å². The van der Waals surface area contributed by atoms with Gasteiger partial charge < -0.3 is 19.7 Å². The van der Waals surface area contributed by atoms with E-state index in [1.807, 2.05) is 111 Å². The van der Waals surface area contributed by atoms with Gasteiger partial charge in [-0.3, -0.25) is 4.90 Å². The smallest absolute Gasteiger partial charge is 0.240 e. The molecule has 0 aromatic heterocycles. The summed E-state index contributed by atoms with van der Waals surface area (Å²) in [7, 11) is -1.64. The van der Waals surface area contributed by atoms with Crippen molar-refractivity contribution in [2.75, 3.05) is 13.6 Å². The van der Waals surface area contributed by atoms with E-state index < -0.39 is 22.4 Å². The Labute approximate surface area is 301 Å². The minimum absolute atomic E-state index is 0.0238. The maximum Gasteiger partial charge on any atom is 0.240 e. The standard InChI is InChI=1S/C42H46N2O6S/c1-29-39(27-44(3)30(2)40(46)33-13-6-4-7-14-33)49-42(50-41(29)34-22-20-31(28-45)21-23-34)37-17-11-16-36(25-37)35-15-10-12-32(24-35)26-43-51(47,48)38-18-8-5-9-19-38/h4-25,29-30,39-43,45-46H,26-28H2,1-3H3/t29-,30-,39+,40-,41+,42+/m0/s1. The van der Waals surface area contributed by atoms with Crippen LogP contribution in [0, 0.1) is 5.92 Å². The Morgan fingerprint density at radius 2 is 1.41 bits per heavy atom. The van der Waals surface area contributed by atoms with Crippen molar-refractivity contribution in [3.8, 4) is 11.1 Å². The zero-order valence-corrected chi connectivity index (χ0v) is 30.0. The minimum atomic E-state index is -3.65. The second-order valence-corrected chi connectivity index (χ2v) is 15.1. The molecule has 1 heterocycles. The van der Waals surface area contributed by atoms with Gasteiger partial charge >= 0.3 is 0 Å². The monoisotopic (exact) mass is 706 g/mol. The average molecular weight is 707 g/mol. The number of ether oxygens (including phenoxy) is 2. The predicted octanol–water partition coefficient (Wildman–Crippen LogP) is 7.17. The average Bonchev–Trinajstić information content (AvgIpc) is 3.18. The summed E-state index contributed by atoms with van der Waals surface area (Å²) in [5.41, 5.74) is 6.27. The summed E-state index contributed by atoms with van der Waals surface area (Å²) in [6, 6.07) is 41.6. The lowest BCUT2D eigenvalue weighted by Gasteiger charge is -2.43. The summed E-state index contributed by atoms with van der Waals surface area (Å²) in [4.78, 5) is 2.37. The molecule has 0 bridgehead atoms. The van der Waals surface area contributed by atoms with Crippen molar-refractivity contribution in [3.05, 3.63) is 161 Å². The van der Waals surface area contributed by atoms with Crippen LogP contribution in [0.1, 0.15) is 60.2 Å². The SMILES string of the molecule is C[C@H]1[C@@H](CN(C)[C@@H](C)[C@H](O)c2ccccc2)O[C@@H](c2cccc(-c3cccc(CNS(=O)(=O)c4ccccc4)c3)c2)O[C@H]1c1ccc(CO)cc1. The van der Waals surface area contributed by atoms with Crippen LogP contribution in [0.2, 0.25) is 0 Å². The molecule has 51 heavy (non-hydrogen) atoms. The van der Waals surface area contributed by atoms with E-state index in [9.17, 15) is 18.6 Å². The molecule has 1 saturated heterocycles. The zero-order valence-electron chi connectivity index (χ0n) is 29.2. The highest BCUT2D eigenvalue weighted by Gasteiger charge is 2.39. The number of likely N-dealkylation sites (N-methyl/N-ethyl adjacent to an activating group) is 1. The van der Waals surface area contributed by atoms with Crippen LogP contribution in [0.15, 0.2) is 138 Å². The molecule has 5 aromatic rings. The van der Waals surface area contributed by atoms with Gasteiger partial charge in [0.05, 0.1) is 29.8 Å². The first-order valence-corrected chi connectivity index (χ1v) is 18.8.